The Bertz CT molecular complexity index is 1000. The number of methoxy groups -OCH3 is 2. The molecule has 0 heterocycles. The highest BCUT2D eigenvalue weighted by Crippen LogP contribution is 2.29. The molecule has 0 spiro atoms. The van der Waals surface area contributed by atoms with Gasteiger partial charge in [0.15, 0.2) is 9.84 Å². The van der Waals surface area contributed by atoms with Crippen molar-refractivity contribution < 1.29 is 32.2 Å². The van der Waals surface area contributed by atoms with Crippen LogP contribution in [-0.2, 0) is 30.7 Å². The van der Waals surface area contributed by atoms with Gasteiger partial charge < -0.3 is 19.5 Å². The van der Waals surface area contributed by atoms with Gasteiger partial charge in [0, 0.05) is 17.0 Å². The van der Waals surface area contributed by atoms with Gasteiger partial charge in [0.1, 0.15) is 18.2 Å². The van der Waals surface area contributed by atoms with Crippen molar-refractivity contribution in [2.45, 2.75) is 18.4 Å². The second-order valence-electron chi connectivity index (χ2n) is 5.87. The smallest absolute Gasteiger partial charge is 0.340 e. The molecule has 0 amide bonds. The van der Waals surface area contributed by atoms with Crippen LogP contribution in [0.2, 0.25) is 0 Å². The predicted octanol–water partition coefficient (Wildman–Crippen LogP) is 3.15. The summed E-state index contributed by atoms with van der Waals surface area (Å²) in [5.74, 6) is -1.14. The van der Waals surface area contributed by atoms with Gasteiger partial charge in [-0.15, -0.1) is 0 Å². The molecule has 0 fully saturated rings. The third-order valence-corrected chi connectivity index (χ3v) is 5.85. The number of carbonyl (C=O) groups excluding carboxylic acids is 2. The fourth-order valence-corrected chi connectivity index (χ4v) is 4.03. The zero-order chi connectivity index (χ0) is 21.6. The Hall–Kier alpha value is -2.59. The lowest BCUT2D eigenvalue weighted by Gasteiger charge is -2.17. The van der Waals surface area contributed by atoms with Crippen molar-refractivity contribution in [2.75, 3.05) is 25.4 Å². The Balaban J connectivity index is 2.37. The van der Waals surface area contributed by atoms with E-state index in [2.05, 4.69) is 21.2 Å². The third-order valence-electron chi connectivity index (χ3n) is 3.88. The second kappa shape index (κ2) is 9.75. The van der Waals surface area contributed by atoms with Crippen LogP contribution in [0.4, 0.5) is 5.69 Å². The lowest BCUT2D eigenvalue weighted by Crippen LogP contribution is -2.19. The van der Waals surface area contributed by atoms with Crippen LogP contribution in [0.25, 0.3) is 0 Å². The summed E-state index contributed by atoms with van der Waals surface area (Å²) in [6.45, 7) is 1.10. The second-order valence-corrected chi connectivity index (χ2v) is 8.78. The van der Waals surface area contributed by atoms with Gasteiger partial charge in [0.25, 0.3) is 0 Å². The van der Waals surface area contributed by atoms with Crippen molar-refractivity contribution in [3.8, 4) is 5.75 Å². The van der Waals surface area contributed by atoms with Gasteiger partial charge in [-0.2, -0.15) is 0 Å². The average Bonchev–Trinajstić information content (AvgIpc) is 2.70. The maximum Gasteiger partial charge on any atom is 0.340 e. The molecule has 0 aliphatic carbocycles. The molecule has 0 saturated carbocycles. The number of hydrogen-bond donors (Lipinski definition) is 1. The maximum absolute atomic E-state index is 12.7. The van der Waals surface area contributed by atoms with E-state index in [0.29, 0.717) is 15.8 Å². The largest absolute Gasteiger partial charge is 0.497 e. The van der Waals surface area contributed by atoms with Gasteiger partial charge in [-0.25, -0.2) is 13.2 Å². The van der Waals surface area contributed by atoms with Crippen molar-refractivity contribution in [1.82, 2.24) is 0 Å². The van der Waals surface area contributed by atoms with Crippen molar-refractivity contribution >= 4 is 43.4 Å². The van der Waals surface area contributed by atoms with Crippen LogP contribution in [0.1, 0.15) is 22.8 Å². The first-order valence-corrected chi connectivity index (χ1v) is 10.8. The van der Waals surface area contributed by atoms with E-state index in [4.69, 9.17) is 14.2 Å². The number of hydrogen-bond acceptors (Lipinski definition) is 8. The zero-order valence-electron chi connectivity index (χ0n) is 16.0. The third kappa shape index (κ3) is 5.94. The highest BCUT2D eigenvalue weighted by atomic mass is 79.9. The molecule has 0 bridgehead atoms. The number of ether oxygens (including phenoxy) is 3. The van der Waals surface area contributed by atoms with Gasteiger partial charge in [-0.1, -0.05) is 15.9 Å². The van der Waals surface area contributed by atoms with E-state index < -0.39 is 27.7 Å². The Morgan fingerprint density at radius 1 is 1.10 bits per heavy atom. The van der Waals surface area contributed by atoms with E-state index in [1.54, 1.807) is 18.2 Å². The summed E-state index contributed by atoms with van der Waals surface area (Å²) >= 11 is 3.29. The summed E-state index contributed by atoms with van der Waals surface area (Å²) in [4.78, 5) is 23.5. The molecule has 0 saturated heterocycles. The molecule has 0 aliphatic heterocycles. The molecule has 2 aromatic carbocycles. The molecule has 0 aliphatic rings. The molecule has 2 rings (SSSR count). The lowest BCUT2D eigenvalue weighted by atomic mass is 10.1. The summed E-state index contributed by atoms with van der Waals surface area (Å²) in [5, 5.41) is 2.78. The standard InChI is InChI=1S/C19H20BrNO7S/c1-12(22)28-10-13-8-14(20)9-17(19(23)27-3)18(13)21-11-29(24,25)16-6-4-15(26-2)5-7-16/h4-9,21H,10-11H2,1-3H3. The molecule has 8 nitrogen and oxygen atoms in total. The minimum atomic E-state index is -3.73. The molecule has 0 unspecified atom stereocenters. The fourth-order valence-electron chi connectivity index (χ4n) is 2.47. The normalized spacial score (nSPS) is 10.9. The average molecular weight is 486 g/mol. The van der Waals surface area contributed by atoms with E-state index in [1.807, 2.05) is 0 Å². The van der Waals surface area contributed by atoms with E-state index in [-0.39, 0.29) is 22.8 Å². The van der Waals surface area contributed by atoms with Crippen molar-refractivity contribution in [3.63, 3.8) is 0 Å². The number of rotatable bonds is 8. The van der Waals surface area contributed by atoms with E-state index in [1.165, 1.54) is 39.3 Å². The summed E-state index contributed by atoms with van der Waals surface area (Å²) in [5.41, 5.74) is 0.729. The van der Waals surface area contributed by atoms with Crippen LogP contribution in [0.5, 0.6) is 5.75 Å². The quantitative estimate of drug-likeness (QED) is 0.567. The topological polar surface area (TPSA) is 108 Å². The molecule has 0 atom stereocenters. The summed E-state index contributed by atoms with van der Waals surface area (Å²) in [6, 6.07) is 9.05. The summed E-state index contributed by atoms with van der Waals surface area (Å²) in [6.07, 6.45) is 0. The van der Waals surface area contributed by atoms with Crippen LogP contribution >= 0.6 is 15.9 Å². The molecule has 2 aromatic rings. The molecule has 29 heavy (non-hydrogen) atoms. The molecule has 156 valence electrons. The molecule has 0 radical (unpaired) electrons. The number of esters is 2. The molecular weight excluding hydrogens is 466 g/mol. The first kappa shape index (κ1) is 22.7. The molecular formula is C19H20BrNO7S. The first-order chi connectivity index (χ1) is 13.7. The maximum atomic E-state index is 12.7. The fraction of sp³-hybridized carbons (Fsp3) is 0.263. The van der Waals surface area contributed by atoms with Crippen LogP contribution in [-0.4, -0.2) is 40.5 Å². The van der Waals surface area contributed by atoms with Crippen LogP contribution in [0, 0.1) is 0 Å². The minimum absolute atomic E-state index is 0.0871. The van der Waals surface area contributed by atoms with E-state index >= 15 is 0 Å². The first-order valence-electron chi connectivity index (χ1n) is 8.32. The number of nitrogens with one attached hydrogen (secondary N) is 1. The van der Waals surface area contributed by atoms with Crippen LogP contribution < -0.4 is 10.1 Å². The van der Waals surface area contributed by atoms with Gasteiger partial charge in [-0.05, 0) is 36.4 Å². The predicted molar refractivity (Wildman–Crippen MR) is 110 cm³/mol. The van der Waals surface area contributed by atoms with E-state index in [0.717, 1.165) is 0 Å². The number of anilines is 1. The summed E-state index contributed by atoms with van der Waals surface area (Å²) < 4.78 is 40.8. The highest BCUT2D eigenvalue weighted by molar-refractivity contribution is 9.10. The summed E-state index contributed by atoms with van der Waals surface area (Å²) in [7, 11) is -1.03. The van der Waals surface area contributed by atoms with Gasteiger partial charge in [0.05, 0.1) is 30.4 Å². The SMILES string of the molecule is COC(=O)c1cc(Br)cc(COC(C)=O)c1NCS(=O)(=O)c1ccc(OC)cc1. The number of benzene rings is 2. The van der Waals surface area contributed by atoms with Gasteiger partial charge >= 0.3 is 11.9 Å². The Kier molecular flexibility index (Phi) is 7.63. The van der Waals surface area contributed by atoms with Crippen molar-refractivity contribution in [1.29, 1.82) is 0 Å². The van der Waals surface area contributed by atoms with Crippen molar-refractivity contribution in [2.24, 2.45) is 0 Å². The van der Waals surface area contributed by atoms with E-state index in [9.17, 15) is 18.0 Å². The number of halogens is 1. The molecule has 0 aromatic heterocycles. The van der Waals surface area contributed by atoms with Crippen LogP contribution in [0.15, 0.2) is 45.8 Å². The Labute approximate surface area is 177 Å². The Morgan fingerprint density at radius 3 is 2.31 bits per heavy atom. The highest BCUT2D eigenvalue weighted by Gasteiger charge is 2.21. The van der Waals surface area contributed by atoms with Gasteiger partial charge in [-0.3, -0.25) is 4.79 Å². The lowest BCUT2D eigenvalue weighted by molar-refractivity contribution is -0.142. The zero-order valence-corrected chi connectivity index (χ0v) is 18.4. The molecule has 1 N–H and O–H groups in total. The molecule has 10 heteroatoms. The minimum Gasteiger partial charge on any atom is -0.497 e. The number of carbonyl (C=O) groups is 2. The van der Waals surface area contributed by atoms with Gasteiger partial charge in [0.2, 0.25) is 0 Å². The van der Waals surface area contributed by atoms with Crippen molar-refractivity contribution in [3.05, 3.63) is 52.0 Å². The monoisotopic (exact) mass is 485 g/mol. The Morgan fingerprint density at radius 2 is 1.76 bits per heavy atom. The van der Waals surface area contributed by atoms with Crippen LogP contribution in [0.3, 0.4) is 0 Å². The number of sulfone groups is 1.